The van der Waals surface area contributed by atoms with Gasteiger partial charge in [-0.25, -0.2) is 4.79 Å². The van der Waals surface area contributed by atoms with Gasteiger partial charge in [-0.3, -0.25) is 0 Å². The van der Waals surface area contributed by atoms with Crippen LogP contribution in [0.1, 0.15) is 21.7 Å². The van der Waals surface area contributed by atoms with E-state index in [1.807, 2.05) is 36.6 Å². The number of aryl methyl sites for hydroxylation is 1. The van der Waals surface area contributed by atoms with Gasteiger partial charge in [-0.2, -0.15) is 0 Å². The van der Waals surface area contributed by atoms with Gasteiger partial charge in [0.25, 0.3) is 0 Å². The number of ether oxygens (including phenoxy) is 1. The Balaban J connectivity index is 2.63. The van der Waals surface area contributed by atoms with E-state index in [9.17, 15) is 4.79 Å². The number of halogens is 2. The molecule has 0 bridgehead atoms. The molecular weight excluding hydrogens is 330 g/mol. The summed E-state index contributed by atoms with van der Waals surface area (Å²) in [5, 5.41) is 0.618. The zero-order valence-corrected chi connectivity index (χ0v) is 13.2. The smallest absolute Gasteiger partial charge is 0.339 e. The number of aromatic nitrogens is 1. The molecule has 0 fully saturated rings. The molecule has 0 saturated carbocycles. The van der Waals surface area contributed by atoms with Crippen molar-refractivity contribution in [1.82, 2.24) is 4.57 Å². The molecule has 5 heteroatoms. The van der Waals surface area contributed by atoms with Crippen LogP contribution in [0.5, 0.6) is 0 Å². The fraction of sp³-hybridized carbons (Fsp3) is 0.214. The highest BCUT2D eigenvalue weighted by Crippen LogP contribution is 2.29. The second kappa shape index (κ2) is 5.39. The van der Waals surface area contributed by atoms with Crippen molar-refractivity contribution in [2.75, 3.05) is 7.11 Å². The first-order valence-corrected chi connectivity index (χ1v) is 6.85. The van der Waals surface area contributed by atoms with Gasteiger partial charge in [0.05, 0.1) is 23.4 Å². The average Bonchev–Trinajstić information content (AvgIpc) is 2.65. The summed E-state index contributed by atoms with van der Waals surface area (Å²) in [4.78, 5) is 11.7. The van der Waals surface area contributed by atoms with Gasteiger partial charge in [0.1, 0.15) is 0 Å². The minimum Gasteiger partial charge on any atom is -0.465 e. The van der Waals surface area contributed by atoms with Gasteiger partial charge in [-0.05, 0) is 38.1 Å². The number of benzene rings is 1. The fourth-order valence-corrected chi connectivity index (χ4v) is 2.87. The summed E-state index contributed by atoms with van der Waals surface area (Å²) in [5.74, 6) is -0.340. The molecule has 0 N–H and O–H groups in total. The second-order valence-electron chi connectivity index (χ2n) is 4.21. The summed E-state index contributed by atoms with van der Waals surface area (Å²) >= 11 is 9.64. The lowest BCUT2D eigenvalue weighted by molar-refractivity contribution is 0.0600. The van der Waals surface area contributed by atoms with Gasteiger partial charge < -0.3 is 9.30 Å². The van der Waals surface area contributed by atoms with E-state index in [0.29, 0.717) is 10.6 Å². The van der Waals surface area contributed by atoms with E-state index in [4.69, 9.17) is 16.3 Å². The largest absolute Gasteiger partial charge is 0.465 e. The molecule has 1 aromatic carbocycles. The van der Waals surface area contributed by atoms with Gasteiger partial charge in [0.15, 0.2) is 0 Å². The topological polar surface area (TPSA) is 31.2 Å². The third kappa shape index (κ3) is 2.55. The SMILES string of the molecule is COC(=O)c1cc(C)n(-c2ccc(Br)cc2Cl)c1C. The molecule has 0 atom stereocenters. The van der Waals surface area contributed by atoms with Crippen LogP contribution in [0.2, 0.25) is 5.02 Å². The zero-order chi connectivity index (χ0) is 14.2. The van der Waals surface area contributed by atoms with Crippen LogP contribution in [0.25, 0.3) is 5.69 Å². The molecule has 3 nitrogen and oxygen atoms in total. The highest BCUT2D eigenvalue weighted by molar-refractivity contribution is 9.10. The first kappa shape index (κ1) is 14.2. The average molecular weight is 343 g/mol. The van der Waals surface area contributed by atoms with Crippen LogP contribution in [-0.2, 0) is 4.74 Å². The Labute approximate surface area is 125 Å². The molecule has 100 valence electrons. The van der Waals surface area contributed by atoms with E-state index in [1.165, 1.54) is 7.11 Å². The molecule has 1 aromatic heterocycles. The molecule has 0 aliphatic heterocycles. The second-order valence-corrected chi connectivity index (χ2v) is 5.53. The summed E-state index contributed by atoms with van der Waals surface area (Å²) in [6.45, 7) is 3.80. The summed E-state index contributed by atoms with van der Waals surface area (Å²) in [6, 6.07) is 7.46. The number of hydrogen-bond acceptors (Lipinski definition) is 2. The Kier molecular flexibility index (Phi) is 4.02. The first-order valence-electron chi connectivity index (χ1n) is 5.68. The van der Waals surface area contributed by atoms with Gasteiger partial charge in [0.2, 0.25) is 0 Å². The van der Waals surface area contributed by atoms with Crippen molar-refractivity contribution >= 4 is 33.5 Å². The molecule has 1 heterocycles. The van der Waals surface area contributed by atoms with Crippen molar-refractivity contribution < 1.29 is 9.53 Å². The number of methoxy groups -OCH3 is 1. The maximum absolute atomic E-state index is 11.7. The van der Waals surface area contributed by atoms with Crippen molar-refractivity contribution in [2.45, 2.75) is 13.8 Å². The standard InChI is InChI=1S/C14H13BrClNO2/c1-8-6-11(14(18)19-3)9(2)17(8)13-5-4-10(15)7-12(13)16/h4-7H,1-3H3. The first-order chi connectivity index (χ1) is 8.95. The highest BCUT2D eigenvalue weighted by atomic mass is 79.9. The van der Waals surface area contributed by atoms with Crippen LogP contribution in [0.15, 0.2) is 28.7 Å². The Morgan fingerprint density at radius 2 is 2.00 bits per heavy atom. The van der Waals surface area contributed by atoms with Crippen LogP contribution in [0.4, 0.5) is 0 Å². The summed E-state index contributed by atoms with van der Waals surface area (Å²) in [7, 11) is 1.38. The van der Waals surface area contributed by atoms with E-state index in [2.05, 4.69) is 15.9 Å². The lowest BCUT2D eigenvalue weighted by Gasteiger charge is -2.12. The lowest BCUT2D eigenvalue weighted by atomic mass is 10.2. The molecular formula is C14H13BrClNO2. The van der Waals surface area contributed by atoms with Crippen molar-refractivity contribution in [3.63, 3.8) is 0 Å². The van der Waals surface area contributed by atoms with Gasteiger partial charge in [0, 0.05) is 15.9 Å². The molecule has 2 aromatic rings. The molecule has 0 saturated heterocycles. The Morgan fingerprint density at radius 1 is 1.32 bits per heavy atom. The van der Waals surface area contributed by atoms with Crippen molar-refractivity contribution in [3.8, 4) is 5.69 Å². The van der Waals surface area contributed by atoms with Gasteiger partial charge in [-0.1, -0.05) is 27.5 Å². The van der Waals surface area contributed by atoms with E-state index in [1.54, 1.807) is 6.07 Å². The molecule has 0 spiro atoms. The van der Waals surface area contributed by atoms with Gasteiger partial charge >= 0.3 is 5.97 Å². The van der Waals surface area contributed by atoms with E-state index in [-0.39, 0.29) is 5.97 Å². The van der Waals surface area contributed by atoms with Crippen LogP contribution in [-0.4, -0.2) is 17.6 Å². The highest BCUT2D eigenvalue weighted by Gasteiger charge is 2.18. The third-order valence-electron chi connectivity index (χ3n) is 2.99. The number of hydrogen-bond donors (Lipinski definition) is 0. The number of carbonyl (C=O) groups is 1. The van der Waals surface area contributed by atoms with Crippen LogP contribution in [0, 0.1) is 13.8 Å². The predicted octanol–water partition coefficient (Wildman–Crippen LogP) is 4.30. The summed E-state index contributed by atoms with van der Waals surface area (Å²) in [5.41, 5.74) is 3.14. The van der Waals surface area contributed by atoms with E-state index in [0.717, 1.165) is 21.5 Å². The number of nitrogens with zero attached hydrogens (tertiary/aromatic N) is 1. The predicted molar refractivity (Wildman–Crippen MR) is 79.3 cm³/mol. The molecule has 0 radical (unpaired) electrons. The molecule has 0 amide bonds. The Bertz CT molecular complexity index is 649. The molecule has 0 unspecified atom stereocenters. The van der Waals surface area contributed by atoms with Crippen LogP contribution < -0.4 is 0 Å². The monoisotopic (exact) mass is 341 g/mol. The van der Waals surface area contributed by atoms with Gasteiger partial charge in [-0.15, -0.1) is 0 Å². The Hall–Kier alpha value is -1.26. The number of rotatable bonds is 2. The van der Waals surface area contributed by atoms with Crippen molar-refractivity contribution in [3.05, 3.63) is 50.7 Å². The van der Waals surface area contributed by atoms with E-state index >= 15 is 0 Å². The Morgan fingerprint density at radius 3 is 2.58 bits per heavy atom. The molecule has 0 aliphatic rings. The number of carbonyl (C=O) groups excluding carboxylic acids is 1. The van der Waals surface area contributed by atoms with Crippen molar-refractivity contribution in [2.24, 2.45) is 0 Å². The third-order valence-corrected chi connectivity index (χ3v) is 3.78. The molecule has 2 rings (SSSR count). The summed E-state index contributed by atoms with van der Waals surface area (Å²) in [6.07, 6.45) is 0. The maximum Gasteiger partial charge on any atom is 0.339 e. The van der Waals surface area contributed by atoms with E-state index < -0.39 is 0 Å². The minimum atomic E-state index is -0.340. The minimum absolute atomic E-state index is 0.340. The zero-order valence-electron chi connectivity index (χ0n) is 10.8. The van der Waals surface area contributed by atoms with Crippen LogP contribution in [0.3, 0.4) is 0 Å². The lowest BCUT2D eigenvalue weighted by Crippen LogP contribution is -2.05. The molecule has 19 heavy (non-hydrogen) atoms. The van der Waals surface area contributed by atoms with Crippen molar-refractivity contribution in [1.29, 1.82) is 0 Å². The van der Waals surface area contributed by atoms with Crippen LogP contribution >= 0.6 is 27.5 Å². The quantitative estimate of drug-likeness (QED) is 0.762. The number of esters is 1. The molecule has 0 aliphatic carbocycles. The fourth-order valence-electron chi connectivity index (χ4n) is 2.11. The summed E-state index contributed by atoms with van der Waals surface area (Å²) < 4.78 is 7.64. The maximum atomic E-state index is 11.7. The normalized spacial score (nSPS) is 10.6.